The molecule has 0 saturated heterocycles. The molecule has 1 atom stereocenters. The second kappa shape index (κ2) is 6.57. The van der Waals surface area contributed by atoms with Gasteiger partial charge < -0.3 is 4.90 Å². The highest BCUT2D eigenvalue weighted by molar-refractivity contribution is 6.09. The van der Waals surface area contributed by atoms with Crippen LogP contribution in [0.4, 0.5) is 0 Å². The van der Waals surface area contributed by atoms with Gasteiger partial charge in [-0.15, -0.1) is 6.58 Å². The van der Waals surface area contributed by atoms with Crippen molar-refractivity contribution >= 4 is 11.6 Å². The van der Waals surface area contributed by atoms with Gasteiger partial charge in [-0.25, -0.2) is 0 Å². The number of fused-ring (bicyclic) bond motifs is 1. The molecule has 122 valence electrons. The van der Waals surface area contributed by atoms with E-state index < -0.39 is 0 Å². The summed E-state index contributed by atoms with van der Waals surface area (Å²) in [5.41, 5.74) is 5.78. The predicted molar refractivity (Wildman–Crippen MR) is 98.4 cm³/mol. The highest BCUT2D eigenvalue weighted by Crippen LogP contribution is 2.37. The topological polar surface area (TPSA) is 20.3 Å². The fourth-order valence-electron chi connectivity index (χ4n) is 3.04. The van der Waals surface area contributed by atoms with E-state index in [-0.39, 0.29) is 11.9 Å². The summed E-state index contributed by atoms with van der Waals surface area (Å²) in [6.07, 6.45) is 1.71. The van der Waals surface area contributed by atoms with Crippen LogP contribution in [0.2, 0.25) is 0 Å². The van der Waals surface area contributed by atoms with Crippen LogP contribution < -0.4 is 0 Å². The van der Waals surface area contributed by atoms with E-state index in [2.05, 4.69) is 39.7 Å². The van der Waals surface area contributed by atoms with E-state index in [9.17, 15) is 4.79 Å². The molecule has 1 aromatic rings. The molecule has 1 unspecified atom stereocenters. The van der Waals surface area contributed by atoms with Gasteiger partial charge in [-0.2, -0.15) is 0 Å². The molecule has 0 radical (unpaired) electrons. The first-order valence-electron chi connectivity index (χ1n) is 8.20. The van der Waals surface area contributed by atoms with Gasteiger partial charge in [0.1, 0.15) is 0 Å². The monoisotopic (exact) mass is 309 g/mol. The molecule has 1 heterocycles. The predicted octanol–water partition coefficient (Wildman–Crippen LogP) is 5.54. The zero-order chi connectivity index (χ0) is 17.3. The average Bonchev–Trinajstić information content (AvgIpc) is 2.71. The molecule has 1 aliphatic rings. The minimum Gasteiger partial charge on any atom is -0.301 e. The molecular weight excluding hydrogens is 282 g/mol. The SMILES string of the molecule is C=C(C)CCC(C(=C)C)N1C(=C)c2ccc(C(C)C)cc2C1=O. The summed E-state index contributed by atoms with van der Waals surface area (Å²) >= 11 is 0. The minimum atomic E-state index is -0.0263. The lowest BCUT2D eigenvalue weighted by atomic mass is 9.98. The van der Waals surface area contributed by atoms with Gasteiger partial charge in [0, 0.05) is 16.8 Å². The Labute approximate surface area is 140 Å². The van der Waals surface area contributed by atoms with Crippen molar-refractivity contribution in [1.82, 2.24) is 4.90 Å². The first-order chi connectivity index (χ1) is 10.7. The summed E-state index contributed by atoms with van der Waals surface area (Å²) < 4.78 is 0. The molecule has 0 spiro atoms. The normalized spacial score (nSPS) is 15.1. The van der Waals surface area contributed by atoms with Crippen molar-refractivity contribution in [2.75, 3.05) is 0 Å². The van der Waals surface area contributed by atoms with Crippen LogP contribution in [0.3, 0.4) is 0 Å². The van der Waals surface area contributed by atoms with E-state index in [1.165, 1.54) is 5.56 Å². The highest BCUT2D eigenvalue weighted by atomic mass is 16.2. The van der Waals surface area contributed by atoms with Crippen LogP contribution in [0.1, 0.15) is 67.9 Å². The van der Waals surface area contributed by atoms with E-state index in [1.54, 1.807) is 0 Å². The standard InChI is InChI=1S/C21H27NO/c1-13(2)8-11-20(15(5)6)22-16(7)18-10-9-17(14(3)4)12-19(18)21(22)23/h9-10,12,14,20H,1,5,7-8,11H2,2-4,6H3. The molecule has 0 aliphatic carbocycles. The molecule has 1 aliphatic heterocycles. The van der Waals surface area contributed by atoms with E-state index in [0.29, 0.717) is 5.92 Å². The Hall–Kier alpha value is -2.09. The van der Waals surface area contributed by atoms with Gasteiger partial charge in [0.15, 0.2) is 0 Å². The molecule has 23 heavy (non-hydrogen) atoms. The van der Waals surface area contributed by atoms with Gasteiger partial charge in [0.2, 0.25) is 0 Å². The molecule has 0 aromatic heterocycles. The van der Waals surface area contributed by atoms with Crippen LogP contribution >= 0.6 is 0 Å². The number of amides is 1. The number of nitrogens with zero attached hydrogens (tertiary/aromatic N) is 1. The number of rotatable bonds is 6. The van der Waals surface area contributed by atoms with Crippen LogP contribution in [-0.2, 0) is 0 Å². The van der Waals surface area contributed by atoms with E-state index in [1.807, 2.05) is 30.9 Å². The summed E-state index contributed by atoms with van der Waals surface area (Å²) in [5, 5.41) is 0. The van der Waals surface area contributed by atoms with E-state index >= 15 is 0 Å². The number of allylic oxidation sites excluding steroid dienone is 1. The Morgan fingerprint density at radius 3 is 2.35 bits per heavy atom. The number of carbonyl (C=O) groups is 1. The number of hydrogen-bond acceptors (Lipinski definition) is 1. The summed E-state index contributed by atoms with van der Waals surface area (Å²) in [6.45, 7) is 20.5. The molecule has 0 saturated carbocycles. The number of benzene rings is 1. The van der Waals surface area contributed by atoms with Gasteiger partial charge in [0.05, 0.1) is 6.04 Å². The first kappa shape index (κ1) is 17.3. The molecule has 2 heteroatoms. The molecule has 2 nitrogen and oxygen atoms in total. The lowest BCUT2D eigenvalue weighted by Crippen LogP contribution is -2.35. The lowest BCUT2D eigenvalue weighted by molar-refractivity contribution is 0.0816. The second-order valence-electron chi connectivity index (χ2n) is 6.94. The lowest BCUT2D eigenvalue weighted by Gasteiger charge is -2.29. The van der Waals surface area contributed by atoms with Gasteiger partial charge in [0.25, 0.3) is 5.91 Å². The molecule has 1 amide bonds. The van der Waals surface area contributed by atoms with Crippen molar-refractivity contribution < 1.29 is 4.79 Å². The van der Waals surface area contributed by atoms with Crippen LogP contribution in [0.25, 0.3) is 5.70 Å². The van der Waals surface area contributed by atoms with Gasteiger partial charge in [-0.05, 0) is 44.2 Å². The number of hydrogen-bond donors (Lipinski definition) is 0. The largest absolute Gasteiger partial charge is 0.301 e. The maximum atomic E-state index is 13.0. The van der Waals surface area contributed by atoms with Crippen LogP contribution in [0, 0.1) is 0 Å². The molecule has 2 rings (SSSR count). The second-order valence-corrected chi connectivity index (χ2v) is 6.94. The average molecular weight is 309 g/mol. The Morgan fingerprint density at radius 1 is 1.17 bits per heavy atom. The van der Waals surface area contributed by atoms with Crippen molar-refractivity contribution in [2.24, 2.45) is 0 Å². The van der Waals surface area contributed by atoms with Crippen LogP contribution in [-0.4, -0.2) is 16.8 Å². The Morgan fingerprint density at radius 2 is 1.83 bits per heavy atom. The van der Waals surface area contributed by atoms with Gasteiger partial charge in [-0.1, -0.05) is 50.3 Å². The van der Waals surface area contributed by atoms with Crippen molar-refractivity contribution in [3.8, 4) is 0 Å². The zero-order valence-corrected chi connectivity index (χ0v) is 14.8. The molecule has 0 bridgehead atoms. The third kappa shape index (κ3) is 3.31. The van der Waals surface area contributed by atoms with E-state index in [0.717, 1.165) is 40.8 Å². The smallest absolute Gasteiger partial charge is 0.259 e. The Bertz CT molecular complexity index is 681. The fourth-order valence-corrected chi connectivity index (χ4v) is 3.04. The maximum Gasteiger partial charge on any atom is 0.259 e. The third-order valence-electron chi connectivity index (χ3n) is 4.49. The summed E-state index contributed by atoms with van der Waals surface area (Å²) in [4.78, 5) is 14.8. The summed E-state index contributed by atoms with van der Waals surface area (Å²) in [6, 6.07) is 6.11. The quantitative estimate of drug-likeness (QED) is 0.632. The van der Waals surface area contributed by atoms with Crippen molar-refractivity contribution in [2.45, 2.75) is 52.5 Å². The number of carbonyl (C=O) groups excluding carboxylic acids is 1. The summed E-state index contributed by atoms with van der Waals surface area (Å²) in [7, 11) is 0. The van der Waals surface area contributed by atoms with Crippen molar-refractivity contribution in [1.29, 1.82) is 0 Å². The fraction of sp³-hybridized carbons (Fsp3) is 0.381. The van der Waals surface area contributed by atoms with E-state index in [4.69, 9.17) is 0 Å². The zero-order valence-electron chi connectivity index (χ0n) is 14.8. The van der Waals surface area contributed by atoms with Crippen LogP contribution in [0.15, 0.2) is 49.1 Å². The minimum absolute atomic E-state index is 0.0263. The maximum absolute atomic E-state index is 13.0. The molecular formula is C21H27NO. The molecule has 0 fully saturated rings. The van der Waals surface area contributed by atoms with Crippen molar-refractivity contribution in [3.05, 3.63) is 65.8 Å². The Kier molecular flexibility index (Phi) is 4.93. The third-order valence-corrected chi connectivity index (χ3v) is 4.49. The van der Waals surface area contributed by atoms with Gasteiger partial charge >= 0.3 is 0 Å². The highest BCUT2D eigenvalue weighted by Gasteiger charge is 2.36. The Balaban J connectivity index is 2.37. The van der Waals surface area contributed by atoms with Crippen molar-refractivity contribution in [3.63, 3.8) is 0 Å². The van der Waals surface area contributed by atoms with Gasteiger partial charge in [-0.3, -0.25) is 4.79 Å². The summed E-state index contributed by atoms with van der Waals surface area (Å²) in [5.74, 6) is 0.443. The first-order valence-corrected chi connectivity index (χ1v) is 8.20. The molecule has 1 aromatic carbocycles. The van der Waals surface area contributed by atoms with Crippen LogP contribution in [0.5, 0.6) is 0 Å². The molecule has 0 N–H and O–H groups in total.